The van der Waals surface area contributed by atoms with Gasteiger partial charge in [0, 0.05) is 35.0 Å². The van der Waals surface area contributed by atoms with Crippen LogP contribution in [0.25, 0.3) is 21.8 Å². The zero-order valence-electron chi connectivity index (χ0n) is 25.9. The number of nitrogens with zero attached hydrogens (tertiary/aromatic N) is 1. The van der Waals surface area contributed by atoms with Gasteiger partial charge in [-0.15, -0.1) is 0 Å². The molecule has 3 heterocycles. The van der Waals surface area contributed by atoms with Crippen LogP contribution in [0.3, 0.4) is 0 Å². The van der Waals surface area contributed by atoms with Gasteiger partial charge in [0.25, 0.3) is 5.56 Å². The number of nitrogens with one attached hydrogen (secondary N) is 1. The van der Waals surface area contributed by atoms with Crippen LogP contribution in [0.4, 0.5) is 0 Å². The first kappa shape index (κ1) is 30.8. The molecule has 0 aliphatic carbocycles. The summed E-state index contributed by atoms with van der Waals surface area (Å²) in [6.07, 6.45) is -0.382. The summed E-state index contributed by atoms with van der Waals surface area (Å²) in [7, 11) is 0. The van der Waals surface area contributed by atoms with E-state index in [9.17, 15) is 9.59 Å². The molecular formula is C38H36N2O6. The fourth-order valence-corrected chi connectivity index (χ4v) is 5.45. The van der Waals surface area contributed by atoms with Crippen LogP contribution >= 0.6 is 0 Å². The minimum atomic E-state index is -0.382. The summed E-state index contributed by atoms with van der Waals surface area (Å²) in [6.45, 7) is 6.38. The molecule has 1 N–H and O–H groups in total. The molecule has 2 aromatic heterocycles. The Morgan fingerprint density at radius 2 is 1.26 bits per heavy atom. The Hall–Kier alpha value is -5.18. The first-order valence-corrected chi connectivity index (χ1v) is 15.3. The highest BCUT2D eigenvalue weighted by molar-refractivity contribution is 5.84. The number of hydrogen-bond acceptors (Lipinski definition) is 6. The highest BCUT2D eigenvalue weighted by Crippen LogP contribution is 2.24. The second-order valence-corrected chi connectivity index (χ2v) is 11.2. The zero-order chi connectivity index (χ0) is 31.9. The van der Waals surface area contributed by atoms with Crippen LogP contribution in [0.5, 0.6) is 11.5 Å². The molecule has 234 valence electrons. The highest BCUT2D eigenvalue weighted by atomic mass is 16.7. The number of aromatic nitrogens is 2. The van der Waals surface area contributed by atoms with Crippen molar-refractivity contribution in [3.8, 4) is 11.5 Å². The quantitative estimate of drug-likeness (QED) is 0.205. The Morgan fingerprint density at radius 3 is 1.89 bits per heavy atom. The van der Waals surface area contributed by atoms with Crippen LogP contribution in [0.15, 0.2) is 119 Å². The van der Waals surface area contributed by atoms with E-state index >= 15 is 0 Å². The first-order valence-electron chi connectivity index (χ1n) is 15.3. The van der Waals surface area contributed by atoms with Crippen LogP contribution in [0.2, 0.25) is 0 Å². The third-order valence-corrected chi connectivity index (χ3v) is 7.83. The number of aryl methyl sites for hydroxylation is 2. The van der Waals surface area contributed by atoms with Crippen molar-refractivity contribution < 1.29 is 18.9 Å². The summed E-state index contributed by atoms with van der Waals surface area (Å²) in [4.78, 5) is 26.9. The molecule has 0 saturated carbocycles. The molecule has 1 aliphatic rings. The zero-order valence-corrected chi connectivity index (χ0v) is 25.9. The smallest absolute Gasteiger partial charge is 0.251 e. The summed E-state index contributed by atoms with van der Waals surface area (Å²) in [5.74, 6) is 1.48. The number of rotatable bonds is 8. The predicted octanol–water partition coefficient (Wildman–Crippen LogP) is 6.68. The Kier molecular flexibility index (Phi) is 9.57. The van der Waals surface area contributed by atoms with Gasteiger partial charge in [0.1, 0.15) is 24.7 Å². The number of H-pyrrole nitrogens is 1. The van der Waals surface area contributed by atoms with Crippen molar-refractivity contribution in [1.29, 1.82) is 0 Å². The maximum atomic E-state index is 12.5. The predicted molar refractivity (Wildman–Crippen MR) is 179 cm³/mol. The van der Waals surface area contributed by atoms with Gasteiger partial charge in [-0.1, -0.05) is 60.7 Å². The van der Waals surface area contributed by atoms with E-state index in [0.29, 0.717) is 33.0 Å². The van der Waals surface area contributed by atoms with Crippen molar-refractivity contribution in [2.45, 2.75) is 39.9 Å². The molecule has 7 rings (SSSR count). The summed E-state index contributed by atoms with van der Waals surface area (Å²) >= 11 is 0. The van der Waals surface area contributed by atoms with Gasteiger partial charge < -0.3 is 28.5 Å². The molecule has 1 fully saturated rings. The van der Waals surface area contributed by atoms with Crippen molar-refractivity contribution in [1.82, 2.24) is 9.55 Å². The second-order valence-electron chi connectivity index (χ2n) is 11.2. The molecule has 0 atom stereocenters. The second kappa shape index (κ2) is 14.3. The Balaban J connectivity index is 0.000000167. The van der Waals surface area contributed by atoms with Crippen LogP contribution in [-0.2, 0) is 29.2 Å². The van der Waals surface area contributed by atoms with Gasteiger partial charge in [0.05, 0.1) is 30.8 Å². The molecular weight excluding hydrogens is 580 g/mol. The lowest BCUT2D eigenvalue weighted by Gasteiger charge is -2.16. The number of aromatic amines is 1. The van der Waals surface area contributed by atoms with Gasteiger partial charge in [0.15, 0.2) is 6.29 Å². The molecule has 1 saturated heterocycles. The van der Waals surface area contributed by atoms with E-state index < -0.39 is 0 Å². The Morgan fingerprint density at radius 1 is 0.696 bits per heavy atom. The fourth-order valence-electron chi connectivity index (χ4n) is 5.45. The van der Waals surface area contributed by atoms with Crippen LogP contribution < -0.4 is 20.6 Å². The number of ether oxygens (including phenoxy) is 4. The fraction of sp³-hybridized carbons (Fsp3) is 0.211. The van der Waals surface area contributed by atoms with Crippen molar-refractivity contribution >= 4 is 21.8 Å². The molecule has 0 bridgehead atoms. The van der Waals surface area contributed by atoms with E-state index in [0.717, 1.165) is 55.6 Å². The Bertz CT molecular complexity index is 2050. The maximum Gasteiger partial charge on any atom is 0.251 e. The SMILES string of the molecule is Cc1cc(=O)[nH]c2cc(OCc3ccccc3)ccc12.Cc1cc(=O)n(CC2OCCO2)c2cc(OCc3ccccc3)ccc12. The van der Waals surface area contributed by atoms with E-state index in [1.165, 1.54) is 0 Å². The molecule has 1 aliphatic heterocycles. The lowest BCUT2D eigenvalue weighted by atomic mass is 10.1. The first-order chi connectivity index (χ1) is 22.4. The summed E-state index contributed by atoms with van der Waals surface area (Å²) in [5.41, 5.74) is 5.62. The van der Waals surface area contributed by atoms with Crippen molar-refractivity contribution in [2.24, 2.45) is 0 Å². The maximum absolute atomic E-state index is 12.5. The van der Waals surface area contributed by atoms with Gasteiger partial charge in [0.2, 0.25) is 5.56 Å². The average molecular weight is 617 g/mol. The van der Waals surface area contributed by atoms with Crippen molar-refractivity contribution in [3.63, 3.8) is 0 Å². The van der Waals surface area contributed by atoms with Crippen molar-refractivity contribution in [2.75, 3.05) is 13.2 Å². The molecule has 8 heteroatoms. The molecule has 0 spiro atoms. The van der Waals surface area contributed by atoms with Crippen LogP contribution in [0, 0.1) is 13.8 Å². The lowest BCUT2D eigenvalue weighted by molar-refractivity contribution is -0.0522. The van der Waals surface area contributed by atoms with Gasteiger partial charge in [-0.05, 0) is 60.4 Å². The van der Waals surface area contributed by atoms with E-state index in [1.54, 1.807) is 16.7 Å². The molecule has 46 heavy (non-hydrogen) atoms. The monoisotopic (exact) mass is 616 g/mol. The number of fused-ring (bicyclic) bond motifs is 2. The van der Waals surface area contributed by atoms with E-state index in [1.807, 2.05) is 111 Å². The summed E-state index contributed by atoms with van der Waals surface area (Å²) in [5, 5.41) is 2.06. The van der Waals surface area contributed by atoms with Crippen LogP contribution in [-0.4, -0.2) is 29.1 Å². The highest BCUT2D eigenvalue weighted by Gasteiger charge is 2.19. The number of benzene rings is 4. The average Bonchev–Trinajstić information content (AvgIpc) is 3.59. The minimum absolute atomic E-state index is 0.0608. The van der Waals surface area contributed by atoms with Crippen LogP contribution in [0.1, 0.15) is 22.3 Å². The molecule has 4 aromatic carbocycles. The normalized spacial score (nSPS) is 13.0. The van der Waals surface area contributed by atoms with E-state index in [4.69, 9.17) is 18.9 Å². The van der Waals surface area contributed by atoms with E-state index in [-0.39, 0.29) is 17.4 Å². The minimum Gasteiger partial charge on any atom is -0.489 e. The molecule has 0 radical (unpaired) electrons. The van der Waals surface area contributed by atoms with Gasteiger partial charge in [-0.2, -0.15) is 0 Å². The molecule has 8 nitrogen and oxygen atoms in total. The Labute approximate surface area is 266 Å². The number of hydrogen-bond donors (Lipinski definition) is 1. The van der Waals surface area contributed by atoms with Crippen molar-refractivity contribution in [3.05, 3.63) is 152 Å². The van der Waals surface area contributed by atoms with Gasteiger partial charge >= 0.3 is 0 Å². The topological polar surface area (TPSA) is 91.8 Å². The third kappa shape index (κ3) is 7.54. The van der Waals surface area contributed by atoms with E-state index in [2.05, 4.69) is 4.98 Å². The summed E-state index contributed by atoms with van der Waals surface area (Å²) < 4.78 is 24.4. The number of pyridine rings is 2. The largest absolute Gasteiger partial charge is 0.489 e. The van der Waals surface area contributed by atoms with Gasteiger partial charge in [-0.3, -0.25) is 9.59 Å². The molecule has 0 unspecified atom stereocenters. The van der Waals surface area contributed by atoms with Gasteiger partial charge in [-0.25, -0.2) is 0 Å². The molecule has 0 amide bonds. The lowest BCUT2D eigenvalue weighted by Crippen LogP contribution is -2.27. The standard InChI is InChI=1S/C21H21NO4.C17H15NO2/c1-15-11-20(23)22(13-21-24-9-10-25-21)19-12-17(7-8-18(15)19)26-14-16-5-3-2-4-6-16;1-12-9-17(19)18-16-10-14(7-8-15(12)16)20-11-13-5-3-2-4-6-13/h2-8,11-12,21H,9-10,13-14H2,1H3;2-10H,11H2,1H3,(H,18,19). The molecule has 6 aromatic rings. The summed E-state index contributed by atoms with van der Waals surface area (Å²) in [6, 6.07) is 34.9. The third-order valence-electron chi connectivity index (χ3n) is 7.83.